The summed E-state index contributed by atoms with van der Waals surface area (Å²) in [5.74, 6) is 0.740. The Bertz CT molecular complexity index is 404. The van der Waals surface area contributed by atoms with Crippen molar-refractivity contribution in [2.24, 2.45) is 5.92 Å². The summed E-state index contributed by atoms with van der Waals surface area (Å²) in [7, 11) is 2.13. The van der Waals surface area contributed by atoms with Crippen LogP contribution in [0.3, 0.4) is 0 Å². The maximum Gasteiger partial charge on any atom is 0.140 e. The Morgan fingerprint density at radius 3 is 2.71 bits per heavy atom. The van der Waals surface area contributed by atoms with E-state index in [1.54, 1.807) is 12.3 Å². The quantitative estimate of drug-likeness (QED) is 0.782. The van der Waals surface area contributed by atoms with Gasteiger partial charge >= 0.3 is 0 Å². The van der Waals surface area contributed by atoms with Crippen molar-refractivity contribution in [2.45, 2.75) is 38.6 Å². The van der Waals surface area contributed by atoms with Crippen LogP contribution in [-0.4, -0.2) is 18.1 Å². The summed E-state index contributed by atoms with van der Waals surface area (Å²) >= 11 is 0. The molecule has 2 atom stereocenters. The second-order valence-corrected chi connectivity index (χ2v) is 4.95. The third-order valence-corrected chi connectivity index (χ3v) is 3.83. The summed E-state index contributed by atoms with van der Waals surface area (Å²) in [4.78, 5) is 6.45. The lowest BCUT2D eigenvalue weighted by atomic mass is 9.85. The number of aromatic nitrogens is 1. The van der Waals surface area contributed by atoms with Crippen LogP contribution in [-0.2, 0) is 0 Å². The highest BCUT2D eigenvalue weighted by Gasteiger charge is 2.25. The van der Waals surface area contributed by atoms with Gasteiger partial charge in [-0.3, -0.25) is 0 Å². The Balaban J connectivity index is 2.12. The molecule has 0 aliphatic heterocycles. The summed E-state index contributed by atoms with van der Waals surface area (Å²) < 4.78 is 0. The summed E-state index contributed by atoms with van der Waals surface area (Å²) in [6, 6.07) is 6.45. The van der Waals surface area contributed by atoms with Crippen molar-refractivity contribution in [1.82, 2.24) is 4.98 Å². The van der Waals surface area contributed by atoms with Crippen LogP contribution < -0.4 is 4.90 Å². The van der Waals surface area contributed by atoms with Gasteiger partial charge in [0.25, 0.3) is 0 Å². The number of rotatable bonds is 2. The minimum Gasteiger partial charge on any atom is -0.370 e. The van der Waals surface area contributed by atoms with Gasteiger partial charge in [0, 0.05) is 13.1 Å². The lowest BCUT2D eigenvalue weighted by molar-refractivity contribution is 0.321. The number of nitrogens with zero attached hydrogens (tertiary/aromatic N) is 3. The van der Waals surface area contributed by atoms with E-state index in [1.807, 2.05) is 6.07 Å². The molecule has 1 aliphatic rings. The fourth-order valence-corrected chi connectivity index (χ4v) is 2.72. The Morgan fingerprint density at radius 1 is 1.35 bits per heavy atom. The molecule has 1 aromatic heterocycles. The average Bonchev–Trinajstić information content (AvgIpc) is 2.39. The first kappa shape index (κ1) is 11.9. The molecule has 0 spiro atoms. The smallest absolute Gasteiger partial charge is 0.140 e. The van der Waals surface area contributed by atoms with E-state index in [0.29, 0.717) is 11.7 Å². The van der Waals surface area contributed by atoms with Crippen molar-refractivity contribution in [2.75, 3.05) is 11.9 Å². The van der Waals surface area contributed by atoms with Crippen LogP contribution in [0.25, 0.3) is 0 Å². The third-order valence-electron chi connectivity index (χ3n) is 3.83. The van der Waals surface area contributed by atoms with E-state index >= 15 is 0 Å². The van der Waals surface area contributed by atoms with E-state index < -0.39 is 0 Å². The maximum absolute atomic E-state index is 8.73. The third kappa shape index (κ3) is 2.58. The van der Waals surface area contributed by atoms with E-state index in [0.717, 1.165) is 11.6 Å². The largest absolute Gasteiger partial charge is 0.370 e. The molecule has 0 saturated heterocycles. The molecule has 3 heteroatoms. The van der Waals surface area contributed by atoms with Gasteiger partial charge in [-0.05, 0) is 30.9 Å². The van der Waals surface area contributed by atoms with E-state index in [-0.39, 0.29) is 0 Å². The van der Waals surface area contributed by atoms with Gasteiger partial charge in [0.05, 0.1) is 11.9 Å². The van der Waals surface area contributed by atoms with Gasteiger partial charge in [0.15, 0.2) is 0 Å². The van der Waals surface area contributed by atoms with Crippen molar-refractivity contribution >= 4 is 5.69 Å². The summed E-state index contributed by atoms with van der Waals surface area (Å²) in [5, 5.41) is 8.73. The van der Waals surface area contributed by atoms with Crippen molar-refractivity contribution < 1.29 is 0 Å². The Hall–Kier alpha value is -1.56. The Labute approximate surface area is 103 Å². The number of hydrogen-bond donors (Lipinski definition) is 0. The summed E-state index contributed by atoms with van der Waals surface area (Å²) in [5.41, 5.74) is 1.60. The lowest BCUT2D eigenvalue weighted by Gasteiger charge is -2.37. The second kappa shape index (κ2) is 5.18. The Morgan fingerprint density at radius 2 is 2.12 bits per heavy atom. The monoisotopic (exact) mass is 229 g/mol. The number of anilines is 1. The standard InChI is InChI=1S/C14H19N3/c1-11-5-3-4-6-14(11)17(2)13-8-7-12(9-15)16-10-13/h7-8,10-11,14H,3-6H2,1-2H3. The first-order chi connectivity index (χ1) is 8.22. The van der Waals surface area contributed by atoms with Crippen molar-refractivity contribution in [3.05, 3.63) is 24.0 Å². The Kier molecular flexibility index (Phi) is 3.63. The molecule has 1 aliphatic carbocycles. The zero-order valence-electron chi connectivity index (χ0n) is 10.6. The molecule has 2 rings (SSSR count). The highest BCUT2D eigenvalue weighted by Crippen LogP contribution is 2.30. The van der Waals surface area contributed by atoms with Gasteiger partial charge in [-0.15, -0.1) is 0 Å². The molecule has 90 valence electrons. The first-order valence-corrected chi connectivity index (χ1v) is 6.31. The van der Waals surface area contributed by atoms with Crippen LogP contribution in [0.15, 0.2) is 18.3 Å². The average molecular weight is 229 g/mol. The second-order valence-electron chi connectivity index (χ2n) is 4.95. The highest BCUT2D eigenvalue weighted by molar-refractivity contribution is 5.46. The topological polar surface area (TPSA) is 39.9 Å². The minimum atomic E-state index is 0.485. The van der Waals surface area contributed by atoms with Crippen LogP contribution in [0.5, 0.6) is 0 Å². The molecule has 0 bridgehead atoms. The summed E-state index contributed by atoms with van der Waals surface area (Å²) in [6.45, 7) is 2.33. The molecular formula is C14H19N3. The molecule has 1 fully saturated rings. The number of pyridine rings is 1. The predicted octanol–water partition coefficient (Wildman–Crippen LogP) is 2.97. The highest BCUT2D eigenvalue weighted by atomic mass is 15.1. The van der Waals surface area contributed by atoms with E-state index in [1.165, 1.54) is 25.7 Å². The van der Waals surface area contributed by atoms with Gasteiger partial charge in [-0.25, -0.2) is 4.98 Å². The molecule has 3 nitrogen and oxygen atoms in total. The molecule has 1 saturated carbocycles. The van der Waals surface area contributed by atoms with Crippen LogP contribution in [0.2, 0.25) is 0 Å². The molecule has 0 radical (unpaired) electrons. The van der Waals surface area contributed by atoms with E-state index in [4.69, 9.17) is 5.26 Å². The zero-order valence-corrected chi connectivity index (χ0v) is 10.6. The van der Waals surface area contributed by atoms with Gasteiger partial charge in [0.2, 0.25) is 0 Å². The fourth-order valence-electron chi connectivity index (χ4n) is 2.72. The van der Waals surface area contributed by atoms with Gasteiger partial charge < -0.3 is 4.90 Å². The van der Waals surface area contributed by atoms with Crippen molar-refractivity contribution in [3.8, 4) is 6.07 Å². The molecular weight excluding hydrogens is 210 g/mol. The van der Waals surface area contributed by atoms with Crippen LogP contribution in [0.4, 0.5) is 5.69 Å². The normalized spacial score (nSPS) is 24.1. The SMILES string of the molecule is CC1CCCCC1N(C)c1ccc(C#N)nc1. The van der Waals surface area contributed by atoms with Crippen LogP contribution in [0.1, 0.15) is 38.3 Å². The van der Waals surface area contributed by atoms with Gasteiger partial charge in [0.1, 0.15) is 11.8 Å². The molecule has 17 heavy (non-hydrogen) atoms. The maximum atomic E-state index is 8.73. The first-order valence-electron chi connectivity index (χ1n) is 6.31. The molecule has 0 aromatic carbocycles. The molecule has 1 heterocycles. The number of nitriles is 1. The van der Waals surface area contributed by atoms with E-state index in [9.17, 15) is 0 Å². The van der Waals surface area contributed by atoms with Crippen molar-refractivity contribution in [1.29, 1.82) is 5.26 Å². The van der Waals surface area contributed by atoms with E-state index in [2.05, 4.69) is 29.9 Å². The lowest BCUT2D eigenvalue weighted by Crippen LogP contribution is -2.39. The zero-order chi connectivity index (χ0) is 12.3. The van der Waals surface area contributed by atoms with Crippen molar-refractivity contribution in [3.63, 3.8) is 0 Å². The fraction of sp³-hybridized carbons (Fsp3) is 0.571. The predicted molar refractivity (Wildman–Crippen MR) is 68.8 cm³/mol. The van der Waals surface area contributed by atoms with Gasteiger partial charge in [-0.1, -0.05) is 19.8 Å². The molecule has 0 amide bonds. The molecule has 0 N–H and O–H groups in total. The van der Waals surface area contributed by atoms with Crippen LogP contribution >= 0.6 is 0 Å². The molecule has 2 unspecified atom stereocenters. The van der Waals surface area contributed by atoms with Gasteiger partial charge in [-0.2, -0.15) is 5.26 Å². The summed E-state index contributed by atoms with van der Waals surface area (Å²) in [6.07, 6.45) is 7.07. The number of hydrogen-bond acceptors (Lipinski definition) is 3. The van der Waals surface area contributed by atoms with Crippen LogP contribution in [0, 0.1) is 17.2 Å². The molecule has 1 aromatic rings. The minimum absolute atomic E-state index is 0.485.